The van der Waals surface area contributed by atoms with Crippen molar-refractivity contribution in [3.05, 3.63) is 103 Å². The van der Waals surface area contributed by atoms with E-state index in [-0.39, 0.29) is 0 Å². The van der Waals surface area contributed by atoms with Crippen LogP contribution >= 0.6 is 7.26 Å². The summed E-state index contributed by atoms with van der Waals surface area (Å²) in [5, 5.41) is 4.36. The Morgan fingerprint density at radius 2 is 1.11 bits per heavy atom. The van der Waals surface area contributed by atoms with E-state index < -0.39 is 15.6 Å². The molecule has 0 radical (unpaired) electrons. The smallest absolute Gasteiger partial charge is 0.192 e. The summed E-state index contributed by atoms with van der Waals surface area (Å²) in [5.41, 5.74) is 1.54. The molecule has 0 unspecified atom stereocenters. The maximum Gasteiger partial charge on any atom is 0.192 e. The number of benzene rings is 3. The van der Waals surface area contributed by atoms with E-state index in [0.29, 0.717) is 5.92 Å². The largest absolute Gasteiger partial charge is 0.416 e. The SMILES string of the molecule is CC/C(=C/[C@H](C)CO[Si](CC)(CC)CC)C[P+](c1ccccc1)(c1ccccc1)c1ccccc1. The van der Waals surface area contributed by atoms with Crippen molar-refractivity contribution >= 4 is 31.5 Å². The fraction of sp³-hybridized carbons (Fsp3) is 0.375. The lowest BCUT2D eigenvalue weighted by Gasteiger charge is -2.30. The van der Waals surface area contributed by atoms with E-state index in [9.17, 15) is 0 Å². The lowest BCUT2D eigenvalue weighted by atomic mass is 10.1. The first-order chi connectivity index (χ1) is 17.0. The van der Waals surface area contributed by atoms with E-state index in [1.54, 1.807) is 5.57 Å². The Morgan fingerprint density at radius 3 is 1.46 bits per heavy atom. The monoisotopic (exact) mass is 503 g/mol. The van der Waals surface area contributed by atoms with Crippen LogP contribution in [0.5, 0.6) is 0 Å². The molecule has 1 atom stereocenters. The van der Waals surface area contributed by atoms with E-state index in [0.717, 1.165) is 19.2 Å². The van der Waals surface area contributed by atoms with Gasteiger partial charge in [-0.05, 0) is 72.4 Å². The van der Waals surface area contributed by atoms with Gasteiger partial charge in [0.1, 0.15) is 23.2 Å². The average molecular weight is 504 g/mol. The highest BCUT2D eigenvalue weighted by Gasteiger charge is 2.45. The van der Waals surface area contributed by atoms with Crippen LogP contribution in [-0.2, 0) is 4.43 Å². The summed E-state index contributed by atoms with van der Waals surface area (Å²) in [5.74, 6) is 0.422. The molecule has 1 nitrogen and oxygen atoms in total. The van der Waals surface area contributed by atoms with Crippen LogP contribution in [0, 0.1) is 5.92 Å². The molecule has 0 aliphatic rings. The Morgan fingerprint density at radius 1 is 0.714 bits per heavy atom. The van der Waals surface area contributed by atoms with Gasteiger partial charge in [0.05, 0.1) is 6.16 Å². The molecular weight excluding hydrogens is 459 g/mol. The molecule has 0 saturated carbocycles. The fourth-order valence-electron chi connectivity index (χ4n) is 5.17. The fourth-order valence-corrected chi connectivity index (χ4v) is 12.3. The summed E-state index contributed by atoms with van der Waals surface area (Å²) in [6, 6.07) is 37.3. The van der Waals surface area contributed by atoms with Gasteiger partial charge in [-0.2, -0.15) is 0 Å². The topological polar surface area (TPSA) is 9.23 Å². The molecule has 0 aromatic heterocycles. The van der Waals surface area contributed by atoms with E-state index in [4.69, 9.17) is 4.43 Å². The first-order valence-corrected chi connectivity index (χ1v) is 17.9. The summed E-state index contributed by atoms with van der Waals surface area (Å²) >= 11 is 0. The Labute approximate surface area is 216 Å². The number of allylic oxidation sites excluding steroid dienone is 1. The molecule has 0 heterocycles. The van der Waals surface area contributed by atoms with Gasteiger partial charge in [-0.15, -0.1) is 0 Å². The molecule has 3 rings (SSSR count). The Kier molecular flexibility index (Phi) is 10.5. The van der Waals surface area contributed by atoms with Gasteiger partial charge in [-0.25, -0.2) is 0 Å². The molecule has 0 spiro atoms. The van der Waals surface area contributed by atoms with Crippen LogP contribution in [-0.4, -0.2) is 21.1 Å². The molecule has 3 aromatic rings. The highest BCUT2D eigenvalue weighted by atomic mass is 31.2. The lowest BCUT2D eigenvalue weighted by molar-refractivity contribution is 0.268. The summed E-state index contributed by atoms with van der Waals surface area (Å²) in [7, 11) is -3.42. The van der Waals surface area contributed by atoms with Crippen LogP contribution < -0.4 is 15.9 Å². The molecule has 0 aliphatic heterocycles. The van der Waals surface area contributed by atoms with Crippen LogP contribution in [0.1, 0.15) is 41.0 Å². The molecule has 0 aliphatic carbocycles. The molecule has 0 saturated heterocycles. The molecule has 0 fully saturated rings. The zero-order valence-electron chi connectivity index (χ0n) is 22.4. The predicted molar refractivity (Wildman–Crippen MR) is 161 cm³/mol. The van der Waals surface area contributed by atoms with Gasteiger partial charge in [-0.1, -0.05) is 95.3 Å². The van der Waals surface area contributed by atoms with Gasteiger partial charge in [-0.3, -0.25) is 0 Å². The van der Waals surface area contributed by atoms with E-state index >= 15 is 0 Å². The molecule has 0 amide bonds. The zero-order chi connectivity index (χ0) is 25.2. The van der Waals surface area contributed by atoms with Gasteiger partial charge in [0.25, 0.3) is 0 Å². The highest BCUT2D eigenvalue weighted by Crippen LogP contribution is 2.56. The minimum Gasteiger partial charge on any atom is -0.416 e. The molecule has 0 N–H and O–H groups in total. The van der Waals surface area contributed by atoms with Crippen molar-refractivity contribution in [2.24, 2.45) is 5.92 Å². The standard InChI is InChI=1S/C32H44OPSi/c1-6-29(25-28(5)26-33-35(7-2,8-3)9-4)27-34(30-19-13-10-14-20-30,31-21-15-11-16-22-31)32-23-17-12-18-24-32/h10-25,28H,6-9,26-27H2,1-5H3/q+1/b29-25-/t28-/m0/s1. The Bertz CT molecular complexity index is 924. The summed E-state index contributed by atoms with van der Waals surface area (Å²) in [6.45, 7) is 12.4. The Hall–Kier alpha value is -1.99. The summed E-state index contributed by atoms with van der Waals surface area (Å²) < 4.78 is 6.67. The second kappa shape index (κ2) is 13.4. The van der Waals surface area contributed by atoms with Gasteiger partial charge < -0.3 is 4.43 Å². The maximum absolute atomic E-state index is 6.67. The van der Waals surface area contributed by atoms with Crippen molar-refractivity contribution in [1.29, 1.82) is 0 Å². The van der Waals surface area contributed by atoms with Crippen molar-refractivity contribution in [3.8, 4) is 0 Å². The number of hydrogen-bond acceptors (Lipinski definition) is 1. The third-order valence-electron chi connectivity index (χ3n) is 7.59. The average Bonchev–Trinajstić information content (AvgIpc) is 2.93. The lowest BCUT2D eigenvalue weighted by Crippen LogP contribution is -2.37. The first-order valence-electron chi connectivity index (χ1n) is 13.4. The second-order valence-electron chi connectivity index (χ2n) is 9.68. The van der Waals surface area contributed by atoms with Crippen molar-refractivity contribution in [1.82, 2.24) is 0 Å². The number of rotatable bonds is 13. The molecule has 0 bridgehead atoms. The van der Waals surface area contributed by atoms with E-state index in [2.05, 4.69) is 132 Å². The van der Waals surface area contributed by atoms with Crippen molar-refractivity contribution in [2.45, 2.75) is 59.2 Å². The van der Waals surface area contributed by atoms with E-state index in [1.165, 1.54) is 34.0 Å². The quantitative estimate of drug-likeness (QED) is 0.131. The summed E-state index contributed by atoms with van der Waals surface area (Å²) in [4.78, 5) is 0. The maximum atomic E-state index is 6.67. The first kappa shape index (κ1) is 27.6. The molecular formula is C32H44OPSi+. The normalized spacial score (nSPS) is 13.6. The third-order valence-corrected chi connectivity index (χ3v) is 16.7. The molecule has 3 aromatic carbocycles. The van der Waals surface area contributed by atoms with E-state index in [1.807, 2.05) is 0 Å². The van der Waals surface area contributed by atoms with Gasteiger partial charge in [0.2, 0.25) is 0 Å². The van der Waals surface area contributed by atoms with Gasteiger partial charge in [0.15, 0.2) is 8.32 Å². The van der Waals surface area contributed by atoms with Gasteiger partial charge in [0, 0.05) is 6.61 Å². The highest BCUT2D eigenvalue weighted by molar-refractivity contribution is 7.95. The molecule has 35 heavy (non-hydrogen) atoms. The van der Waals surface area contributed by atoms with Crippen LogP contribution in [0.25, 0.3) is 0 Å². The molecule has 186 valence electrons. The minimum absolute atomic E-state index is 0.422. The third kappa shape index (κ3) is 6.61. The van der Waals surface area contributed by atoms with Crippen molar-refractivity contribution in [3.63, 3.8) is 0 Å². The summed E-state index contributed by atoms with van der Waals surface area (Å²) in [6.07, 6.45) is 4.67. The van der Waals surface area contributed by atoms with Crippen LogP contribution in [0.3, 0.4) is 0 Å². The van der Waals surface area contributed by atoms with Crippen molar-refractivity contribution < 1.29 is 4.43 Å². The number of hydrogen-bond donors (Lipinski definition) is 0. The second-order valence-corrected chi connectivity index (χ2v) is 17.9. The van der Waals surface area contributed by atoms with Crippen LogP contribution in [0.4, 0.5) is 0 Å². The van der Waals surface area contributed by atoms with Crippen LogP contribution in [0.2, 0.25) is 18.1 Å². The van der Waals surface area contributed by atoms with Crippen molar-refractivity contribution in [2.75, 3.05) is 12.8 Å². The predicted octanol–water partition coefficient (Wildman–Crippen LogP) is 7.97. The molecule has 3 heteroatoms. The zero-order valence-corrected chi connectivity index (χ0v) is 24.3. The minimum atomic E-state index is -1.85. The van der Waals surface area contributed by atoms with Gasteiger partial charge >= 0.3 is 0 Å². The Balaban J connectivity index is 2.04. The van der Waals surface area contributed by atoms with Crippen LogP contribution in [0.15, 0.2) is 103 Å².